The van der Waals surface area contributed by atoms with Gasteiger partial charge in [0.1, 0.15) is 11.5 Å². The lowest BCUT2D eigenvalue weighted by Gasteiger charge is -2.08. The molecule has 0 aliphatic heterocycles. The number of carbonyl (C=O) groups is 2. The maximum Gasteiger partial charge on any atom is 0.310 e. The summed E-state index contributed by atoms with van der Waals surface area (Å²) in [6, 6.07) is 32.2. The molecule has 4 aromatic carbocycles. The first-order valence-corrected chi connectivity index (χ1v) is 11.8. The van der Waals surface area contributed by atoms with E-state index in [4.69, 9.17) is 9.47 Å². The molecular formula is C31H28O4. The Morgan fingerprint density at radius 2 is 0.771 bits per heavy atom. The standard InChI is InChI=1S/C31H28O4/c1-3-30(32)34-28-17-13-26(14-18-28)24-9-5-22(6-10-24)21-23-7-11-25(12-8-23)27-15-19-29(20-16-27)35-31(33)4-2/h5-20H,3-4,21H2,1-2H3. The van der Waals surface area contributed by atoms with Gasteiger partial charge in [-0.15, -0.1) is 0 Å². The summed E-state index contributed by atoms with van der Waals surface area (Å²) in [6.45, 7) is 3.56. The van der Waals surface area contributed by atoms with Crippen LogP contribution in [0.25, 0.3) is 22.3 Å². The van der Waals surface area contributed by atoms with Gasteiger partial charge in [0.2, 0.25) is 0 Å². The maximum atomic E-state index is 11.4. The minimum atomic E-state index is -0.234. The number of rotatable bonds is 8. The van der Waals surface area contributed by atoms with E-state index in [1.54, 1.807) is 13.8 Å². The van der Waals surface area contributed by atoms with Crippen LogP contribution in [0, 0.1) is 0 Å². The second kappa shape index (κ2) is 11.3. The molecule has 0 saturated heterocycles. The van der Waals surface area contributed by atoms with Crippen LogP contribution in [0.15, 0.2) is 97.1 Å². The first-order valence-electron chi connectivity index (χ1n) is 11.8. The smallest absolute Gasteiger partial charge is 0.310 e. The predicted molar refractivity (Wildman–Crippen MR) is 138 cm³/mol. The van der Waals surface area contributed by atoms with Crippen molar-refractivity contribution in [1.82, 2.24) is 0 Å². The van der Waals surface area contributed by atoms with Crippen LogP contribution in [0.5, 0.6) is 11.5 Å². The van der Waals surface area contributed by atoms with Crippen LogP contribution in [0.3, 0.4) is 0 Å². The average molecular weight is 465 g/mol. The van der Waals surface area contributed by atoms with Gasteiger partial charge in [0, 0.05) is 12.8 Å². The highest BCUT2D eigenvalue weighted by molar-refractivity contribution is 5.73. The Balaban J connectivity index is 1.37. The van der Waals surface area contributed by atoms with Crippen LogP contribution in [0.1, 0.15) is 37.8 Å². The number of hydrogen-bond donors (Lipinski definition) is 0. The molecule has 176 valence electrons. The third-order valence-electron chi connectivity index (χ3n) is 5.73. The first kappa shape index (κ1) is 24.0. The summed E-state index contributed by atoms with van der Waals surface area (Å²) >= 11 is 0. The largest absolute Gasteiger partial charge is 0.427 e. The Morgan fingerprint density at radius 1 is 0.486 bits per heavy atom. The highest BCUT2D eigenvalue weighted by Gasteiger charge is 2.05. The fraction of sp³-hybridized carbons (Fsp3) is 0.161. The van der Waals surface area contributed by atoms with Gasteiger partial charge in [-0.05, 0) is 64.1 Å². The summed E-state index contributed by atoms with van der Waals surface area (Å²) in [5.41, 5.74) is 6.85. The van der Waals surface area contributed by atoms with Crippen molar-refractivity contribution in [3.8, 4) is 33.8 Å². The molecule has 35 heavy (non-hydrogen) atoms. The van der Waals surface area contributed by atoms with Gasteiger partial charge in [0.25, 0.3) is 0 Å². The van der Waals surface area contributed by atoms with Crippen LogP contribution < -0.4 is 9.47 Å². The molecule has 0 unspecified atom stereocenters. The number of esters is 2. The molecule has 4 aromatic rings. The van der Waals surface area contributed by atoms with E-state index in [-0.39, 0.29) is 11.9 Å². The van der Waals surface area contributed by atoms with Crippen molar-refractivity contribution < 1.29 is 19.1 Å². The topological polar surface area (TPSA) is 52.6 Å². The van der Waals surface area contributed by atoms with E-state index in [0.29, 0.717) is 24.3 Å². The van der Waals surface area contributed by atoms with Crippen molar-refractivity contribution >= 4 is 11.9 Å². The molecule has 0 aliphatic rings. The van der Waals surface area contributed by atoms with E-state index in [9.17, 15) is 9.59 Å². The average Bonchev–Trinajstić information content (AvgIpc) is 2.90. The van der Waals surface area contributed by atoms with Crippen molar-refractivity contribution in [2.24, 2.45) is 0 Å². The predicted octanol–water partition coefficient (Wildman–Crippen LogP) is 7.24. The second-order valence-corrected chi connectivity index (χ2v) is 8.27. The number of hydrogen-bond acceptors (Lipinski definition) is 4. The molecule has 4 heteroatoms. The summed E-state index contributed by atoms with van der Waals surface area (Å²) < 4.78 is 10.5. The van der Waals surface area contributed by atoms with E-state index >= 15 is 0 Å². The summed E-state index contributed by atoms with van der Waals surface area (Å²) in [5.74, 6) is 0.665. The molecule has 0 bridgehead atoms. The Labute approximate surface area is 206 Å². The van der Waals surface area contributed by atoms with Crippen LogP contribution in [0.2, 0.25) is 0 Å². The van der Waals surface area contributed by atoms with Crippen molar-refractivity contribution in [2.75, 3.05) is 0 Å². The normalized spacial score (nSPS) is 10.6. The van der Waals surface area contributed by atoms with Crippen molar-refractivity contribution in [3.05, 3.63) is 108 Å². The SMILES string of the molecule is CCC(=O)Oc1ccc(-c2ccc(Cc3ccc(-c4ccc(OC(=O)CC)cc4)cc3)cc2)cc1. The molecule has 0 radical (unpaired) electrons. The van der Waals surface area contributed by atoms with E-state index in [0.717, 1.165) is 28.7 Å². The van der Waals surface area contributed by atoms with Gasteiger partial charge in [-0.2, -0.15) is 0 Å². The minimum absolute atomic E-state index is 0.234. The minimum Gasteiger partial charge on any atom is -0.427 e. The zero-order valence-electron chi connectivity index (χ0n) is 20.0. The highest BCUT2D eigenvalue weighted by Crippen LogP contribution is 2.26. The van der Waals surface area contributed by atoms with Gasteiger partial charge >= 0.3 is 11.9 Å². The summed E-state index contributed by atoms with van der Waals surface area (Å²) in [4.78, 5) is 22.9. The van der Waals surface area contributed by atoms with Crippen molar-refractivity contribution in [1.29, 1.82) is 0 Å². The summed E-state index contributed by atoms with van der Waals surface area (Å²) in [6.07, 6.45) is 1.56. The third kappa shape index (κ3) is 6.45. The lowest BCUT2D eigenvalue weighted by atomic mass is 9.98. The van der Waals surface area contributed by atoms with Crippen LogP contribution in [-0.4, -0.2) is 11.9 Å². The Kier molecular flexibility index (Phi) is 7.74. The lowest BCUT2D eigenvalue weighted by molar-refractivity contribution is -0.134. The molecule has 0 amide bonds. The van der Waals surface area contributed by atoms with Crippen molar-refractivity contribution in [3.63, 3.8) is 0 Å². The van der Waals surface area contributed by atoms with Crippen LogP contribution in [0.4, 0.5) is 0 Å². The molecule has 0 fully saturated rings. The molecule has 0 aliphatic carbocycles. The van der Waals surface area contributed by atoms with Crippen LogP contribution >= 0.6 is 0 Å². The Hall–Kier alpha value is -4.18. The first-order chi connectivity index (χ1) is 17.0. The zero-order chi connectivity index (χ0) is 24.6. The van der Waals surface area contributed by atoms with E-state index < -0.39 is 0 Å². The van der Waals surface area contributed by atoms with E-state index in [1.807, 2.05) is 48.5 Å². The van der Waals surface area contributed by atoms with E-state index in [1.165, 1.54) is 11.1 Å². The number of benzene rings is 4. The quantitative estimate of drug-likeness (QED) is 0.204. The molecule has 0 heterocycles. The van der Waals surface area contributed by atoms with Gasteiger partial charge in [-0.25, -0.2) is 0 Å². The second-order valence-electron chi connectivity index (χ2n) is 8.27. The van der Waals surface area contributed by atoms with Gasteiger partial charge in [-0.3, -0.25) is 9.59 Å². The fourth-order valence-electron chi connectivity index (χ4n) is 3.70. The highest BCUT2D eigenvalue weighted by atomic mass is 16.5. The van der Waals surface area contributed by atoms with E-state index in [2.05, 4.69) is 48.5 Å². The maximum absolute atomic E-state index is 11.4. The molecule has 4 rings (SSSR count). The third-order valence-corrected chi connectivity index (χ3v) is 5.73. The molecule has 0 aromatic heterocycles. The molecule has 0 spiro atoms. The molecule has 0 saturated carbocycles. The Morgan fingerprint density at radius 3 is 1.06 bits per heavy atom. The fourth-order valence-corrected chi connectivity index (χ4v) is 3.70. The monoisotopic (exact) mass is 464 g/mol. The number of carbonyl (C=O) groups excluding carboxylic acids is 2. The van der Waals surface area contributed by atoms with Gasteiger partial charge in [0.05, 0.1) is 0 Å². The molecular weight excluding hydrogens is 436 g/mol. The van der Waals surface area contributed by atoms with Gasteiger partial charge in [-0.1, -0.05) is 86.6 Å². The Bertz CT molecular complexity index is 1170. The summed E-state index contributed by atoms with van der Waals surface area (Å²) in [7, 11) is 0. The summed E-state index contributed by atoms with van der Waals surface area (Å²) in [5, 5.41) is 0. The van der Waals surface area contributed by atoms with Gasteiger partial charge in [0.15, 0.2) is 0 Å². The van der Waals surface area contributed by atoms with Crippen molar-refractivity contribution in [2.45, 2.75) is 33.1 Å². The number of ether oxygens (including phenoxy) is 2. The van der Waals surface area contributed by atoms with Gasteiger partial charge < -0.3 is 9.47 Å². The van der Waals surface area contributed by atoms with Crippen LogP contribution in [-0.2, 0) is 16.0 Å². The molecule has 4 nitrogen and oxygen atoms in total. The molecule has 0 atom stereocenters. The zero-order valence-corrected chi connectivity index (χ0v) is 20.0. The lowest BCUT2D eigenvalue weighted by Crippen LogP contribution is -2.05. The molecule has 0 N–H and O–H groups in total.